The van der Waals surface area contributed by atoms with Gasteiger partial charge < -0.3 is 5.32 Å². The van der Waals surface area contributed by atoms with E-state index in [2.05, 4.69) is 55.2 Å². The molecule has 86 valence electrons. The summed E-state index contributed by atoms with van der Waals surface area (Å²) in [5.74, 6) is 0. The third-order valence-electron chi connectivity index (χ3n) is 2.27. The summed E-state index contributed by atoms with van der Waals surface area (Å²) in [4.78, 5) is 4.31. The molecule has 0 bridgehead atoms. The first kappa shape index (κ1) is 13.6. The van der Waals surface area contributed by atoms with Gasteiger partial charge in [-0.3, -0.25) is 4.98 Å². The fourth-order valence-electron chi connectivity index (χ4n) is 1.29. The number of hydrogen-bond donors (Lipinski definition) is 1. The zero-order valence-electron chi connectivity index (χ0n) is 9.00. The number of halogens is 2. The van der Waals surface area contributed by atoms with E-state index in [1.165, 1.54) is 0 Å². The second kappa shape index (κ2) is 7.00. The number of hydrogen-bond acceptors (Lipinski definition) is 3. The maximum absolute atomic E-state index is 8.63. The molecule has 0 spiro atoms. The summed E-state index contributed by atoms with van der Waals surface area (Å²) in [7, 11) is 0. The fraction of sp³-hybridized carbons (Fsp3) is 0.455. The molecule has 3 nitrogen and oxygen atoms in total. The van der Waals surface area contributed by atoms with Crippen LogP contribution in [0.4, 0.5) is 0 Å². The largest absolute Gasteiger partial charge is 0.307 e. The van der Waals surface area contributed by atoms with E-state index in [4.69, 9.17) is 5.26 Å². The number of nitrogens with one attached hydrogen (secondary N) is 1. The predicted molar refractivity (Wildman–Crippen MR) is 70.8 cm³/mol. The number of aromatic nitrogens is 1. The Morgan fingerprint density at radius 3 is 2.88 bits per heavy atom. The van der Waals surface area contributed by atoms with Gasteiger partial charge in [0.1, 0.15) is 0 Å². The van der Waals surface area contributed by atoms with Crippen molar-refractivity contribution in [3.05, 3.63) is 26.9 Å². The molecule has 1 rings (SSSR count). The van der Waals surface area contributed by atoms with Crippen molar-refractivity contribution in [2.24, 2.45) is 0 Å². The maximum atomic E-state index is 8.63. The van der Waals surface area contributed by atoms with Crippen molar-refractivity contribution in [1.29, 1.82) is 5.26 Å². The van der Waals surface area contributed by atoms with E-state index in [-0.39, 0.29) is 6.04 Å². The summed E-state index contributed by atoms with van der Waals surface area (Å²) in [6.07, 6.45) is 3.25. The standard InChI is InChI=1S/C11H13Br2N3/c1-2-9(3-4-14)15-7-11-10(13)5-8(12)6-16-11/h5-6,9,15H,2-3,7H2,1H3. The normalized spacial score (nSPS) is 12.1. The molecule has 0 aliphatic carbocycles. The molecule has 1 atom stereocenters. The Hall–Kier alpha value is -0.440. The molecule has 0 saturated heterocycles. The molecule has 0 fully saturated rings. The average Bonchev–Trinajstić information content (AvgIpc) is 2.26. The van der Waals surface area contributed by atoms with Crippen LogP contribution in [0.1, 0.15) is 25.5 Å². The smallest absolute Gasteiger partial charge is 0.0684 e. The topological polar surface area (TPSA) is 48.7 Å². The maximum Gasteiger partial charge on any atom is 0.0684 e. The molecule has 0 radical (unpaired) electrons. The number of nitriles is 1. The number of nitrogens with zero attached hydrogens (tertiary/aromatic N) is 2. The second-order valence-corrected chi connectivity index (χ2v) is 5.20. The summed E-state index contributed by atoms with van der Waals surface area (Å²) in [6.45, 7) is 2.74. The molecule has 5 heteroatoms. The van der Waals surface area contributed by atoms with Crippen molar-refractivity contribution in [2.75, 3.05) is 0 Å². The number of rotatable bonds is 5. The Balaban J connectivity index is 2.57. The SMILES string of the molecule is CCC(CC#N)NCc1ncc(Br)cc1Br. The van der Waals surface area contributed by atoms with Gasteiger partial charge in [0, 0.05) is 27.7 Å². The van der Waals surface area contributed by atoms with Crippen molar-refractivity contribution in [3.8, 4) is 6.07 Å². The van der Waals surface area contributed by atoms with Gasteiger partial charge in [-0.1, -0.05) is 6.92 Å². The summed E-state index contributed by atoms with van der Waals surface area (Å²) in [6, 6.07) is 4.38. The zero-order chi connectivity index (χ0) is 12.0. The van der Waals surface area contributed by atoms with Crippen LogP contribution in [0.3, 0.4) is 0 Å². The molecule has 1 N–H and O–H groups in total. The highest BCUT2D eigenvalue weighted by molar-refractivity contribution is 9.11. The van der Waals surface area contributed by atoms with E-state index in [0.29, 0.717) is 13.0 Å². The van der Waals surface area contributed by atoms with Gasteiger partial charge in [0.05, 0.1) is 18.2 Å². The van der Waals surface area contributed by atoms with Crippen molar-refractivity contribution < 1.29 is 0 Å². The lowest BCUT2D eigenvalue weighted by Crippen LogP contribution is -2.27. The van der Waals surface area contributed by atoms with Crippen LogP contribution in [0.15, 0.2) is 21.2 Å². The van der Waals surface area contributed by atoms with Crippen LogP contribution in [0, 0.1) is 11.3 Å². The Morgan fingerprint density at radius 2 is 2.31 bits per heavy atom. The molecule has 0 amide bonds. The lowest BCUT2D eigenvalue weighted by atomic mass is 10.1. The van der Waals surface area contributed by atoms with E-state index in [1.807, 2.05) is 6.07 Å². The van der Waals surface area contributed by atoms with Crippen molar-refractivity contribution in [1.82, 2.24) is 10.3 Å². The molecule has 1 heterocycles. The third kappa shape index (κ3) is 4.20. The molecule has 0 saturated carbocycles. The Bertz CT molecular complexity index is 387. The minimum Gasteiger partial charge on any atom is -0.307 e. The minimum atomic E-state index is 0.238. The summed E-state index contributed by atoms with van der Waals surface area (Å²) >= 11 is 6.82. The first-order valence-electron chi connectivity index (χ1n) is 5.07. The molecule has 0 aliphatic heterocycles. The number of pyridine rings is 1. The summed E-state index contributed by atoms with van der Waals surface area (Å²) in [5, 5.41) is 12.0. The minimum absolute atomic E-state index is 0.238. The van der Waals surface area contributed by atoms with Crippen LogP contribution in [0.2, 0.25) is 0 Å². The zero-order valence-corrected chi connectivity index (χ0v) is 12.2. The van der Waals surface area contributed by atoms with Crippen LogP contribution >= 0.6 is 31.9 Å². The van der Waals surface area contributed by atoms with Gasteiger partial charge in [0.25, 0.3) is 0 Å². The fourth-order valence-corrected chi connectivity index (χ4v) is 2.41. The van der Waals surface area contributed by atoms with E-state index in [9.17, 15) is 0 Å². The molecular formula is C11H13Br2N3. The van der Waals surface area contributed by atoms with Gasteiger partial charge in [-0.15, -0.1) is 0 Å². The molecule has 0 aliphatic rings. The Kier molecular flexibility index (Phi) is 5.96. The van der Waals surface area contributed by atoms with Crippen molar-refractivity contribution in [2.45, 2.75) is 32.4 Å². The predicted octanol–water partition coefficient (Wildman–Crippen LogP) is 3.39. The monoisotopic (exact) mass is 345 g/mol. The van der Waals surface area contributed by atoms with Gasteiger partial charge in [-0.05, 0) is 44.3 Å². The quantitative estimate of drug-likeness (QED) is 0.888. The van der Waals surface area contributed by atoms with Crippen LogP contribution in [0.25, 0.3) is 0 Å². The average molecular weight is 347 g/mol. The molecule has 16 heavy (non-hydrogen) atoms. The van der Waals surface area contributed by atoms with Crippen LogP contribution in [-0.2, 0) is 6.54 Å². The van der Waals surface area contributed by atoms with E-state index < -0.39 is 0 Å². The van der Waals surface area contributed by atoms with E-state index in [1.54, 1.807) is 6.20 Å². The lowest BCUT2D eigenvalue weighted by molar-refractivity contribution is 0.500. The molecular weight excluding hydrogens is 334 g/mol. The Morgan fingerprint density at radius 1 is 1.56 bits per heavy atom. The van der Waals surface area contributed by atoms with Gasteiger partial charge in [-0.2, -0.15) is 5.26 Å². The van der Waals surface area contributed by atoms with Gasteiger partial charge in [-0.25, -0.2) is 0 Å². The Labute approximate surface area is 113 Å². The third-order valence-corrected chi connectivity index (χ3v) is 3.39. The van der Waals surface area contributed by atoms with Gasteiger partial charge in [0.15, 0.2) is 0 Å². The highest BCUT2D eigenvalue weighted by Gasteiger charge is 2.07. The summed E-state index contributed by atoms with van der Waals surface area (Å²) < 4.78 is 1.92. The molecule has 1 aromatic heterocycles. The van der Waals surface area contributed by atoms with Crippen molar-refractivity contribution >= 4 is 31.9 Å². The first-order chi connectivity index (χ1) is 7.67. The van der Waals surface area contributed by atoms with E-state index >= 15 is 0 Å². The van der Waals surface area contributed by atoms with Crippen LogP contribution in [-0.4, -0.2) is 11.0 Å². The van der Waals surface area contributed by atoms with Crippen molar-refractivity contribution in [3.63, 3.8) is 0 Å². The van der Waals surface area contributed by atoms with Crippen LogP contribution < -0.4 is 5.32 Å². The van der Waals surface area contributed by atoms with Crippen LogP contribution in [0.5, 0.6) is 0 Å². The van der Waals surface area contributed by atoms with Gasteiger partial charge in [0.2, 0.25) is 0 Å². The molecule has 0 aromatic carbocycles. The van der Waals surface area contributed by atoms with Gasteiger partial charge >= 0.3 is 0 Å². The summed E-state index contributed by atoms with van der Waals surface area (Å²) in [5.41, 5.74) is 0.958. The van der Waals surface area contributed by atoms with E-state index in [0.717, 1.165) is 21.1 Å². The first-order valence-corrected chi connectivity index (χ1v) is 6.66. The molecule has 1 aromatic rings. The highest BCUT2D eigenvalue weighted by Crippen LogP contribution is 2.19. The second-order valence-electron chi connectivity index (χ2n) is 3.43. The highest BCUT2D eigenvalue weighted by atomic mass is 79.9. The lowest BCUT2D eigenvalue weighted by Gasteiger charge is -2.13. The molecule has 1 unspecified atom stereocenters.